The molecule has 6 nitrogen and oxygen atoms in total. The molecule has 0 aromatic heterocycles. The van der Waals surface area contributed by atoms with Crippen LogP contribution in [0.2, 0.25) is 0 Å². The maximum Gasteiger partial charge on any atom is 0.341 e. The predicted octanol–water partition coefficient (Wildman–Crippen LogP) is 1.80. The maximum absolute atomic E-state index is 11.8. The Morgan fingerprint density at radius 2 is 1.83 bits per heavy atom. The summed E-state index contributed by atoms with van der Waals surface area (Å²) in [5, 5.41) is 3.11. The summed E-state index contributed by atoms with van der Waals surface area (Å²) in [5.74, 6) is -0.522. The molecule has 0 heterocycles. The summed E-state index contributed by atoms with van der Waals surface area (Å²) in [4.78, 5) is 23.5. The molecular formula is C18H20N2O4. The van der Waals surface area contributed by atoms with E-state index >= 15 is 0 Å². The number of carbonyl (C=O) groups excluding carboxylic acids is 2. The fourth-order valence-electron chi connectivity index (χ4n) is 2.38. The second-order valence-electron chi connectivity index (χ2n) is 5.15. The Labute approximate surface area is 140 Å². The molecule has 0 saturated heterocycles. The van der Waals surface area contributed by atoms with Crippen LogP contribution in [-0.4, -0.2) is 26.1 Å². The van der Waals surface area contributed by atoms with Gasteiger partial charge in [-0.2, -0.15) is 0 Å². The van der Waals surface area contributed by atoms with Crippen molar-refractivity contribution in [3.63, 3.8) is 0 Å². The minimum absolute atomic E-state index is 0.328. The quantitative estimate of drug-likeness (QED) is 0.756. The van der Waals surface area contributed by atoms with E-state index in [2.05, 4.69) is 5.32 Å². The highest BCUT2D eigenvalue weighted by atomic mass is 16.5. The number of ether oxygens (including phenoxy) is 2. The molecule has 0 spiro atoms. The number of nitrogens with one attached hydrogen (secondary N) is 1. The van der Waals surface area contributed by atoms with Crippen LogP contribution < -0.4 is 15.8 Å². The Bertz CT molecular complexity index is 716. The lowest BCUT2D eigenvalue weighted by molar-refractivity contribution is -0.120. The van der Waals surface area contributed by atoms with Gasteiger partial charge in [0.25, 0.3) is 0 Å². The second kappa shape index (κ2) is 8.12. The topological polar surface area (TPSA) is 90.6 Å². The molecule has 0 aliphatic heterocycles. The molecule has 24 heavy (non-hydrogen) atoms. The first kappa shape index (κ1) is 17.5. The van der Waals surface area contributed by atoms with Gasteiger partial charge in [-0.1, -0.05) is 36.4 Å². The van der Waals surface area contributed by atoms with Crippen LogP contribution in [0.3, 0.4) is 0 Å². The summed E-state index contributed by atoms with van der Waals surface area (Å²) >= 11 is 0. The molecule has 2 aromatic carbocycles. The van der Waals surface area contributed by atoms with Gasteiger partial charge in [-0.15, -0.1) is 0 Å². The summed E-state index contributed by atoms with van der Waals surface area (Å²) in [6.07, 6.45) is 0. The Kier molecular flexibility index (Phi) is 5.92. The van der Waals surface area contributed by atoms with E-state index in [0.29, 0.717) is 17.9 Å². The number of nitrogens with two attached hydrogens (primary N) is 1. The molecule has 1 amide bonds. The van der Waals surface area contributed by atoms with E-state index in [4.69, 9.17) is 15.2 Å². The highest BCUT2D eigenvalue weighted by Gasteiger charge is 2.18. The first-order valence-electron chi connectivity index (χ1n) is 7.39. The van der Waals surface area contributed by atoms with Crippen LogP contribution in [0.1, 0.15) is 27.5 Å². The van der Waals surface area contributed by atoms with E-state index in [0.717, 1.165) is 11.1 Å². The fourth-order valence-corrected chi connectivity index (χ4v) is 2.38. The summed E-state index contributed by atoms with van der Waals surface area (Å²) in [7, 11) is 2.80. The number of esters is 1. The van der Waals surface area contributed by atoms with Crippen molar-refractivity contribution < 1.29 is 19.1 Å². The summed E-state index contributed by atoms with van der Waals surface area (Å²) in [5.41, 5.74) is 7.40. The van der Waals surface area contributed by atoms with Crippen molar-refractivity contribution in [3.05, 3.63) is 65.2 Å². The number of benzene rings is 2. The molecule has 0 unspecified atom stereocenters. The molecule has 126 valence electrons. The molecule has 6 heteroatoms. The lowest BCUT2D eigenvalue weighted by Gasteiger charge is -2.16. The third-order valence-corrected chi connectivity index (χ3v) is 3.60. The van der Waals surface area contributed by atoms with Gasteiger partial charge in [-0.25, -0.2) is 4.79 Å². The molecule has 0 fully saturated rings. The van der Waals surface area contributed by atoms with E-state index < -0.39 is 17.9 Å². The van der Waals surface area contributed by atoms with Crippen LogP contribution in [0.4, 0.5) is 0 Å². The van der Waals surface area contributed by atoms with Crippen molar-refractivity contribution in [1.29, 1.82) is 0 Å². The largest absolute Gasteiger partial charge is 0.496 e. The zero-order valence-electron chi connectivity index (χ0n) is 13.6. The van der Waals surface area contributed by atoms with Gasteiger partial charge in [0, 0.05) is 6.54 Å². The van der Waals surface area contributed by atoms with Gasteiger partial charge in [0.15, 0.2) is 0 Å². The van der Waals surface area contributed by atoms with Crippen molar-refractivity contribution in [3.8, 4) is 5.75 Å². The van der Waals surface area contributed by atoms with E-state index in [-0.39, 0.29) is 0 Å². The molecule has 3 N–H and O–H groups in total. The lowest BCUT2D eigenvalue weighted by Crippen LogP contribution is -2.33. The molecule has 0 radical (unpaired) electrons. The van der Waals surface area contributed by atoms with Crippen LogP contribution in [0.15, 0.2) is 48.5 Å². The first-order chi connectivity index (χ1) is 11.6. The Balaban J connectivity index is 2.18. The zero-order chi connectivity index (χ0) is 17.5. The average Bonchev–Trinajstić information content (AvgIpc) is 2.61. The van der Waals surface area contributed by atoms with Gasteiger partial charge in [-0.05, 0) is 23.3 Å². The number of methoxy groups -OCH3 is 2. The van der Waals surface area contributed by atoms with Gasteiger partial charge in [0.05, 0.1) is 14.2 Å². The molecule has 0 bridgehead atoms. The fraction of sp³-hybridized carbons (Fsp3) is 0.222. The SMILES string of the molecule is COC(=O)c1cc(CN[C@@H](C(N)=O)c2ccccc2)ccc1OC. The molecule has 2 aromatic rings. The number of hydrogen-bond donors (Lipinski definition) is 2. The van der Waals surface area contributed by atoms with Gasteiger partial charge < -0.3 is 15.2 Å². The standard InChI is InChI=1S/C18H20N2O4/c1-23-15-9-8-12(10-14(15)18(22)24-2)11-20-16(17(19)21)13-6-4-3-5-7-13/h3-10,16,20H,11H2,1-2H3,(H2,19,21)/t16-/m1/s1. The zero-order valence-corrected chi connectivity index (χ0v) is 13.6. The highest BCUT2D eigenvalue weighted by Crippen LogP contribution is 2.21. The Morgan fingerprint density at radius 3 is 2.42 bits per heavy atom. The Hall–Kier alpha value is -2.86. The number of amides is 1. The molecular weight excluding hydrogens is 308 g/mol. The van der Waals surface area contributed by atoms with E-state index in [1.807, 2.05) is 30.3 Å². The van der Waals surface area contributed by atoms with Gasteiger partial charge in [-0.3, -0.25) is 10.1 Å². The lowest BCUT2D eigenvalue weighted by atomic mass is 10.1. The highest BCUT2D eigenvalue weighted by molar-refractivity contribution is 5.92. The van der Waals surface area contributed by atoms with Crippen molar-refractivity contribution in [2.24, 2.45) is 5.73 Å². The van der Waals surface area contributed by atoms with Crippen LogP contribution in [0.25, 0.3) is 0 Å². The molecule has 0 saturated carbocycles. The first-order valence-corrected chi connectivity index (χ1v) is 7.39. The van der Waals surface area contributed by atoms with Crippen LogP contribution in [0, 0.1) is 0 Å². The van der Waals surface area contributed by atoms with Crippen molar-refractivity contribution in [2.75, 3.05) is 14.2 Å². The second-order valence-corrected chi connectivity index (χ2v) is 5.15. The minimum Gasteiger partial charge on any atom is -0.496 e. The summed E-state index contributed by atoms with van der Waals surface area (Å²) in [6, 6.07) is 13.8. The predicted molar refractivity (Wildman–Crippen MR) is 89.6 cm³/mol. The monoisotopic (exact) mass is 328 g/mol. The summed E-state index contributed by atoms with van der Waals surface area (Å²) < 4.78 is 9.91. The molecule has 0 aliphatic carbocycles. The van der Waals surface area contributed by atoms with E-state index in [1.54, 1.807) is 18.2 Å². The molecule has 1 atom stereocenters. The van der Waals surface area contributed by atoms with Crippen LogP contribution >= 0.6 is 0 Å². The van der Waals surface area contributed by atoms with Crippen LogP contribution in [-0.2, 0) is 16.1 Å². The number of primary amides is 1. The average molecular weight is 328 g/mol. The van der Waals surface area contributed by atoms with Crippen molar-refractivity contribution in [2.45, 2.75) is 12.6 Å². The van der Waals surface area contributed by atoms with E-state index in [9.17, 15) is 9.59 Å². The van der Waals surface area contributed by atoms with Gasteiger partial charge >= 0.3 is 5.97 Å². The van der Waals surface area contributed by atoms with Crippen molar-refractivity contribution >= 4 is 11.9 Å². The molecule has 0 aliphatic rings. The van der Waals surface area contributed by atoms with E-state index in [1.165, 1.54) is 14.2 Å². The number of rotatable bonds is 7. The normalized spacial score (nSPS) is 11.6. The third kappa shape index (κ3) is 4.11. The molecule has 2 rings (SSSR count). The number of carbonyl (C=O) groups is 2. The van der Waals surface area contributed by atoms with Gasteiger partial charge in [0.2, 0.25) is 5.91 Å². The van der Waals surface area contributed by atoms with Gasteiger partial charge in [0.1, 0.15) is 17.4 Å². The summed E-state index contributed by atoms with van der Waals surface area (Å²) in [6.45, 7) is 0.358. The van der Waals surface area contributed by atoms with Crippen LogP contribution in [0.5, 0.6) is 5.75 Å². The smallest absolute Gasteiger partial charge is 0.341 e. The number of hydrogen-bond acceptors (Lipinski definition) is 5. The minimum atomic E-state index is -0.616. The Morgan fingerprint density at radius 1 is 1.12 bits per heavy atom. The van der Waals surface area contributed by atoms with Crippen molar-refractivity contribution in [1.82, 2.24) is 5.32 Å². The maximum atomic E-state index is 11.8. The third-order valence-electron chi connectivity index (χ3n) is 3.60.